The summed E-state index contributed by atoms with van der Waals surface area (Å²) in [6.07, 6.45) is 0.873. The van der Waals surface area contributed by atoms with Gasteiger partial charge in [0.15, 0.2) is 6.61 Å². The van der Waals surface area contributed by atoms with Gasteiger partial charge in [-0.05, 0) is 42.8 Å². The largest absolute Gasteiger partial charge is 0.484 e. The van der Waals surface area contributed by atoms with Gasteiger partial charge in [0.25, 0.3) is 5.91 Å². The first-order valence-electron chi connectivity index (χ1n) is 7.56. The Hall–Kier alpha value is -2.20. The highest BCUT2D eigenvalue weighted by Crippen LogP contribution is 2.15. The molecule has 0 bridgehead atoms. The van der Waals surface area contributed by atoms with Crippen LogP contribution in [0, 0.1) is 0 Å². The van der Waals surface area contributed by atoms with Crippen molar-refractivity contribution in [1.82, 2.24) is 5.32 Å². The van der Waals surface area contributed by atoms with Crippen molar-refractivity contribution in [2.45, 2.75) is 6.42 Å². The Morgan fingerprint density at radius 3 is 2.52 bits per heavy atom. The summed E-state index contributed by atoms with van der Waals surface area (Å²) >= 11 is 5.79. The van der Waals surface area contributed by atoms with Crippen LogP contribution >= 0.6 is 11.6 Å². The lowest BCUT2D eigenvalue weighted by atomic mass is 10.3. The summed E-state index contributed by atoms with van der Waals surface area (Å²) in [6, 6.07) is 17.1. The molecule has 0 saturated carbocycles. The Labute approximate surface area is 142 Å². The molecule has 0 spiro atoms. The van der Waals surface area contributed by atoms with Crippen molar-refractivity contribution in [3.05, 3.63) is 59.6 Å². The number of hydrogen-bond donors (Lipinski definition) is 1. The molecule has 2 aromatic rings. The molecule has 0 aliphatic rings. The molecule has 122 valence electrons. The first-order valence-corrected chi connectivity index (χ1v) is 7.94. The van der Waals surface area contributed by atoms with Gasteiger partial charge < -0.3 is 15.0 Å². The summed E-state index contributed by atoms with van der Waals surface area (Å²) in [7, 11) is 2.04. The molecule has 0 fully saturated rings. The normalized spacial score (nSPS) is 10.2. The maximum Gasteiger partial charge on any atom is 0.257 e. The SMILES string of the molecule is CN(CCCNC(=O)COc1ccc(Cl)cc1)c1ccccc1. The van der Waals surface area contributed by atoms with Crippen LogP contribution in [-0.4, -0.2) is 32.7 Å². The van der Waals surface area contributed by atoms with Gasteiger partial charge in [0.05, 0.1) is 0 Å². The molecule has 0 aliphatic heterocycles. The number of carbonyl (C=O) groups is 1. The van der Waals surface area contributed by atoms with Crippen LogP contribution in [0.5, 0.6) is 5.75 Å². The van der Waals surface area contributed by atoms with Crippen LogP contribution in [0.2, 0.25) is 5.02 Å². The Balaban J connectivity index is 1.60. The van der Waals surface area contributed by atoms with Gasteiger partial charge in [-0.15, -0.1) is 0 Å². The van der Waals surface area contributed by atoms with E-state index in [1.807, 2.05) is 25.2 Å². The number of amides is 1. The smallest absolute Gasteiger partial charge is 0.257 e. The lowest BCUT2D eigenvalue weighted by Crippen LogP contribution is -2.31. The third-order valence-corrected chi connectivity index (χ3v) is 3.62. The molecule has 1 amide bonds. The fraction of sp³-hybridized carbons (Fsp3) is 0.278. The number of halogens is 1. The van der Waals surface area contributed by atoms with Gasteiger partial charge in [-0.3, -0.25) is 4.79 Å². The lowest BCUT2D eigenvalue weighted by Gasteiger charge is -2.19. The molecule has 5 heteroatoms. The predicted octanol–water partition coefficient (Wildman–Crippen LogP) is 3.36. The van der Waals surface area contributed by atoms with Crippen molar-refractivity contribution in [3.63, 3.8) is 0 Å². The average Bonchev–Trinajstić information content (AvgIpc) is 2.59. The predicted molar refractivity (Wildman–Crippen MR) is 94.3 cm³/mol. The van der Waals surface area contributed by atoms with E-state index in [0.29, 0.717) is 17.3 Å². The average molecular weight is 333 g/mol. The second-order valence-electron chi connectivity index (χ2n) is 5.20. The number of para-hydroxylation sites is 1. The molecule has 0 aliphatic carbocycles. The number of carbonyl (C=O) groups excluding carboxylic acids is 1. The molecular formula is C18H21ClN2O2. The molecule has 0 heterocycles. The number of nitrogens with zero attached hydrogens (tertiary/aromatic N) is 1. The van der Waals surface area contributed by atoms with Crippen LogP contribution in [-0.2, 0) is 4.79 Å². The standard InChI is InChI=1S/C18H21ClN2O2/c1-21(16-6-3-2-4-7-16)13-5-12-20-18(22)14-23-17-10-8-15(19)9-11-17/h2-4,6-11H,5,12-14H2,1H3,(H,20,22). The van der Waals surface area contributed by atoms with Crippen molar-refractivity contribution in [2.24, 2.45) is 0 Å². The van der Waals surface area contributed by atoms with Crippen molar-refractivity contribution in [2.75, 3.05) is 31.6 Å². The summed E-state index contributed by atoms with van der Waals surface area (Å²) in [6.45, 7) is 1.51. The minimum atomic E-state index is -0.123. The van der Waals surface area contributed by atoms with Crippen LogP contribution in [0.3, 0.4) is 0 Å². The lowest BCUT2D eigenvalue weighted by molar-refractivity contribution is -0.123. The maximum absolute atomic E-state index is 11.7. The Morgan fingerprint density at radius 2 is 1.83 bits per heavy atom. The fourth-order valence-electron chi connectivity index (χ4n) is 2.09. The topological polar surface area (TPSA) is 41.6 Å². The van der Waals surface area contributed by atoms with Gasteiger partial charge in [-0.2, -0.15) is 0 Å². The number of ether oxygens (including phenoxy) is 1. The summed E-state index contributed by atoms with van der Waals surface area (Å²) in [4.78, 5) is 13.9. The van der Waals surface area contributed by atoms with Crippen LogP contribution in [0.25, 0.3) is 0 Å². The van der Waals surface area contributed by atoms with Crippen LogP contribution in [0.1, 0.15) is 6.42 Å². The highest BCUT2D eigenvalue weighted by atomic mass is 35.5. The molecule has 0 saturated heterocycles. The van der Waals surface area contributed by atoms with E-state index < -0.39 is 0 Å². The second-order valence-corrected chi connectivity index (χ2v) is 5.64. The molecule has 4 nitrogen and oxygen atoms in total. The van der Waals surface area contributed by atoms with Gasteiger partial charge in [-0.25, -0.2) is 0 Å². The number of rotatable bonds is 8. The Bertz CT molecular complexity index is 602. The highest BCUT2D eigenvalue weighted by molar-refractivity contribution is 6.30. The van der Waals surface area contributed by atoms with E-state index in [1.165, 1.54) is 5.69 Å². The monoisotopic (exact) mass is 332 g/mol. The third-order valence-electron chi connectivity index (χ3n) is 3.37. The number of anilines is 1. The summed E-state index contributed by atoms with van der Waals surface area (Å²) in [5.41, 5.74) is 1.17. The van der Waals surface area contributed by atoms with E-state index >= 15 is 0 Å². The number of benzene rings is 2. The van der Waals surface area contributed by atoms with E-state index in [2.05, 4.69) is 22.3 Å². The second kappa shape index (κ2) is 9.06. The van der Waals surface area contributed by atoms with E-state index in [0.717, 1.165) is 13.0 Å². The van der Waals surface area contributed by atoms with Crippen molar-refractivity contribution >= 4 is 23.2 Å². The Kier molecular flexibility index (Phi) is 6.76. The van der Waals surface area contributed by atoms with Crippen LogP contribution in [0.4, 0.5) is 5.69 Å². The molecule has 0 unspecified atom stereocenters. The molecule has 0 aromatic heterocycles. The van der Waals surface area contributed by atoms with Crippen molar-refractivity contribution < 1.29 is 9.53 Å². The van der Waals surface area contributed by atoms with Gasteiger partial charge in [0.2, 0.25) is 0 Å². The minimum absolute atomic E-state index is 0.0101. The number of hydrogen-bond acceptors (Lipinski definition) is 3. The summed E-state index contributed by atoms with van der Waals surface area (Å²) in [5, 5.41) is 3.50. The van der Waals surface area contributed by atoms with E-state index in [1.54, 1.807) is 24.3 Å². The van der Waals surface area contributed by atoms with Gasteiger partial charge >= 0.3 is 0 Å². The molecule has 2 aromatic carbocycles. The van der Waals surface area contributed by atoms with Gasteiger partial charge in [0.1, 0.15) is 5.75 Å². The molecule has 0 radical (unpaired) electrons. The first kappa shape index (κ1) is 17.2. The molecule has 0 atom stereocenters. The third kappa shape index (κ3) is 6.20. The van der Waals surface area contributed by atoms with Gasteiger partial charge in [-0.1, -0.05) is 29.8 Å². The summed E-state index contributed by atoms with van der Waals surface area (Å²) < 4.78 is 5.39. The quantitative estimate of drug-likeness (QED) is 0.754. The molecule has 2 rings (SSSR count). The van der Waals surface area contributed by atoms with Crippen molar-refractivity contribution in [3.8, 4) is 5.75 Å². The Morgan fingerprint density at radius 1 is 1.13 bits per heavy atom. The van der Waals surface area contributed by atoms with E-state index in [9.17, 15) is 4.79 Å². The molecular weight excluding hydrogens is 312 g/mol. The van der Waals surface area contributed by atoms with Crippen LogP contribution < -0.4 is 15.0 Å². The van der Waals surface area contributed by atoms with Crippen LogP contribution in [0.15, 0.2) is 54.6 Å². The maximum atomic E-state index is 11.7. The zero-order valence-electron chi connectivity index (χ0n) is 13.2. The summed E-state index contributed by atoms with van der Waals surface area (Å²) in [5.74, 6) is 0.510. The minimum Gasteiger partial charge on any atom is -0.484 e. The van der Waals surface area contributed by atoms with E-state index in [4.69, 9.17) is 16.3 Å². The van der Waals surface area contributed by atoms with Crippen molar-refractivity contribution in [1.29, 1.82) is 0 Å². The van der Waals surface area contributed by atoms with E-state index in [-0.39, 0.29) is 12.5 Å². The zero-order valence-corrected chi connectivity index (χ0v) is 13.9. The molecule has 23 heavy (non-hydrogen) atoms. The number of nitrogens with one attached hydrogen (secondary N) is 1. The highest BCUT2D eigenvalue weighted by Gasteiger charge is 2.03. The fourth-order valence-corrected chi connectivity index (χ4v) is 2.21. The zero-order chi connectivity index (χ0) is 16.5. The van der Waals surface area contributed by atoms with Gasteiger partial charge in [0, 0.05) is 30.8 Å². The molecule has 1 N–H and O–H groups in total. The first-order chi connectivity index (χ1) is 11.1.